The lowest BCUT2D eigenvalue weighted by Gasteiger charge is -2.38. The Kier molecular flexibility index (Phi) is 11.7. The molecular formula is C79H58N2O. The first-order valence-electron chi connectivity index (χ1n) is 28.5. The minimum Gasteiger partial charge on any atom is -0.454 e. The largest absolute Gasteiger partial charge is 0.454 e. The number of para-hydroxylation sites is 5. The van der Waals surface area contributed by atoms with Gasteiger partial charge in [-0.15, -0.1) is 0 Å². The van der Waals surface area contributed by atoms with E-state index < -0.39 is 0 Å². The average molecular weight is 1050 g/mol. The minimum atomic E-state index is -0.113. The Morgan fingerprint density at radius 3 is 1.05 bits per heavy atom. The highest BCUT2D eigenvalue weighted by Crippen LogP contribution is 2.66. The maximum absolute atomic E-state index is 7.17. The first-order chi connectivity index (χ1) is 40.3. The number of rotatable bonds is 10. The van der Waals surface area contributed by atoms with Crippen LogP contribution in [0.5, 0.6) is 0 Å². The summed E-state index contributed by atoms with van der Waals surface area (Å²) < 4.78 is 7.17. The monoisotopic (exact) mass is 1050 g/mol. The highest BCUT2D eigenvalue weighted by molar-refractivity contribution is 6.33. The summed E-state index contributed by atoms with van der Waals surface area (Å²) >= 11 is 0. The summed E-state index contributed by atoms with van der Waals surface area (Å²) in [5, 5.41) is 6.98. The Morgan fingerprint density at radius 2 is 0.622 bits per heavy atom. The summed E-state index contributed by atoms with van der Waals surface area (Å²) in [5.74, 6) is 0. The quantitative estimate of drug-likeness (QED) is 0.136. The second kappa shape index (κ2) is 19.5. The van der Waals surface area contributed by atoms with Crippen LogP contribution in [0.2, 0.25) is 0 Å². The van der Waals surface area contributed by atoms with Gasteiger partial charge in [0, 0.05) is 44.8 Å². The van der Waals surface area contributed by atoms with Crippen molar-refractivity contribution in [1.29, 1.82) is 0 Å². The maximum Gasteiger partial charge on any atom is 0.159 e. The third-order valence-electron chi connectivity index (χ3n) is 16.8. The van der Waals surface area contributed by atoms with E-state index in [9.17, 15) is 0 Å². The van der Waals surface area contributed by atoms with Crippen molar-refractivity contribution in [3.05, 3.63) is 290 Å². The smallest absolute Gasteiger partial charge is 0.159 e. The molecular weight excluding hydrogens is 993 g/mol. The van der Waals surface area contributed by atoms with E-state index in [1.165, 1.54) is 99.4 Å². The van der Waals surface area contributed by atoms with Gasteiger partial charge >= 0.3 is 0 Å². The summed E-state index contributed by atoms with van der Waals surface area (Å²) in [5.41, 5.74) is 25.2. The van der Waals surface area contributed by atoms with Crippen molar-refractivity contribution >= 4 is 77.6 Å². The molecule has 3 nitrogen and oxygen atoms in total. The third kappa shape index (κ3) is 7.87. The van der Waals surface area contributed by atoms with Gasteiger partial charge in [-0.2, -0.15) is 0 Å². The van der Waals surface area contributed by atoms with E-state index in [-0.39, 0.29) is 5.41 Å². The van der Waals surface area contributed by atoms with Gasteiger partial charge in [0.15, 0.2) is 5.58 Å². The number of aryl methyl sites for hydroxylation is 1. The van der Waals surface area contributed by atoms with Crippen LogP contribution in [0, 0.1) is 6.92 Å². The van der Waals surface area contributed by atoms with E-state index in [4.69, 9.17) is 4.42 Å². The molecule has 0 bridgehead atoms. The molecule has 0 saturated carbocycles. The lowest BCUT2D eigenvalue weighted by Crippen LogP contribution is -2.13. The van der Waals surface area contributed by atoms with E-state index in [0.29, 0.717) is 0 Å². The van der Waals surface area contributed by atoms with E-state index in [0.717, 1.165) is 56.1 Å². The van der Waals surface area contributed by atoms with Crippen LogP contribution in [-0.4, -0.2) is 0 Å². The van der Waals surface area contributed by atoms with Gasteiger partial charge in [0.05, 0.1) is 5.69 Å². The predicted molar refractivity (Wildman–Crippen MR) is 348 cm³/mol. The van der Waals surface area contributed by atoms with Crippen LogP contribution < -0.4 is 9.80 Å². The summed E-state index contributed by atoms with van der Waals surface area (Å²) in [4.78, 5) is 4.82. The fourth-order valence-corrected chi connectivity index (χ4v) is 13.2. The lowest BCUT2D eigenvalue weighted by atomic mass is 9.65. The molecule has 0 aliphatic heterocycles. The Hall–Kier alpha value is -10.2. The molecule has 0 unspecified atom stereocenters. The third-order valence-corrected chi connectivity index (χ3v) is 16.8. The maximum atomic E-state index is 7.17. The van der Waals surface area contributed by atoms with Crippen molar-refractivity contribution in [2.45, 2.75) is 33.1 Å². The van der Waals surface area contributed by atoms with Crippen molar-refractivity contribution in [1.82, 2.24) is 0 Å². The summed E-state index contributed by atoms with van der Waals surface area (Å²) in [6.07, 6.45) is 0. The van der Waals surface area contributed by atoms with E-state index in [2.05, 4.69) is 317 Å². The zero-order valence-corrected chi connectivity index (χ0v) is 46.4. The fourth-order valence-electron chi connectivity index (χ4n) is 13.2. The molecule has 0 saturated heterocycles. The van der Waals surface area contributed by atoms with Gasteiger partial charge in [-0.1, -0.05) is 239 Å². The van der Waals surface area contributed by atoms with Crippen molar-refractivity contribution in [2.75, 3.05) is 9.80 Å². The van der Waals surface area contributed by atoms with Crippen molar-refractivity contribution in [2.24, 2.45) is 0 Å². The highest BCUT2D eigenvalue weighted by atomic mass is 16.3. The molecule has 0 fully saturated rings. The first-order valence-corrected chi connectivity index (χ1v) is 28.5. The molecule has 82 heavy (non-hydrogen) atoms. The number of hydrogen-bond donors (Lipinski definition) is 0. The Bertz CT molecular complexity index is 4750. The highest BCUT2D eigenvalue weighted by Gasteiger charge is 2.39. The normalized spacial score (nSPS) is 11.9. The molecule has 1 aliphatic rings. The van der Waals surface area contributed by atoms with Gasteiger partial charge in [0.25, 0.3) is 0 Å². The van der Waals surface area contributed by atoms with Gasteiger partial charge < -0.3 is 14.2 Å². The van der Waals surface area contributed by atoms with Crippen LogP contribution in [-0.2, 0) is 5.41 Å². The second-order valence-corrected chi connectivity index (χ2v) is 22.7. The molecule has 15 rings (SSSR count). The molecule has 1 aliphatic carbocycles. The number of hydrogen-bond acceptors (Lipinski definition) is 3. The molecule has 1 aromatic heterocycles. The summed E-state index contributed by atoms with van der Waals surface area (Å²) in [6.45, 7) is 9.00. The summed E-state index contributed by atoms with van der Waals surface area (Å²) in [6, 6.07) is 102. The van der Waals surface area contributed by atoms with Crippen LogP contribution in [0.1, 0.15) is 31.9 Å². The molecule has 390 valence electrons. The van der Waals surface area contributed by atoms with Gasteiger partial charge in [-0.25, -0.2) is 0 Å². The van der Waals surface area contributed by atoms with E-state index in [1.807, 2.05) is 0 Å². The summed E-state index contributed by atoms with van der Waals surface area (Å²) in [7, 11) is 0. The van der Waals surface area contributed by atoms with Gasteiger partial charge in [-0.3, -0.25) is 0 Å². The van der Waals surface area contributed by atoms with Crippen LogP contribution in [0.25, 0.3) is 110 Å². The van der Waals surface area contributed by atoms with Crippen LogP contribution >= 0.6 is 0 Å². The van der Waals surface area contributed by atoms with Crippen LogP contribution in [0.3, 0.4) is 0 Å². The second-order valence-electron chi connectivity index (χ2n) is 22.7. The van der Waals surface area contributed by atoms with Crippen molar-refractivity contribution in [3.63, 3.8) is 0 Å². The Labute approximate surface area is 479 Å². The van der Waals surface area contributed by atoms with E-state index >= 15 is 0 Å². The Morgan fingerprint density at radius 1 is 0.268 bits per heavy atom. The van der Waals surface area contributed by atoms with Gasteiger partial charge in [-0.05, 0) is 167 Å². The molecule has 0 N–H and O–H groups in total. The molecule has 3 heteroatoms. The molecule has 1 heterocycles. The number of fused-ring (bicyclic) bond motifs is 9. The SMILES string of the molecule is Cc1ccccc1N(c1ccccc1)c1ccc2c(-c3ccccc3)c3c(c(-c4ccccc4)c2c1)-c1c-3c(-c2ccccc2)c2cc(N(c3ccccc3)c3cccc4c3oc3c(C(C)(C)C)cccc34)ccc2c1-c1ccccc1. The number of furan rings is 1. The standard InChI is InChI=1S/C79H58N2O/c1-51-27-23-24-43-67(51)80(56-36-19-9-20-37-56)58-45-47-60-64(49-58)71(54-32-15-7-16-33-54)75-73(69(60)52-28-11-5-12-29-52)76-72(55-34-17-8-18-35-55)65-50-59(46-48-61(65)70(74(75)76)53-30-13-6-14-31-53)81(57-38-21-10-22-39-57)68-44-26-41-63-62-40-25-42-66(79(2,3)4)77(62)82-78(63)68/h5-50H,1-4H3. The minimum absolute atomic E-state index is 0.113. The predicted octanol–water partition coefficient (Wildman–Crippen LogP) is 22.8. The van der Waals surface area contributed by atoms with Crippen LogP contribution in [0.4, 0.5) is 34.1 Å². The molecule has 0 atom stereocenters. The van der Waals surface area contributed by atoms with E-state index in [1.54, 1.807) is 0 Å². The molecule has 0 spiro atoms. The van der Waals surface area contributed by atoms with Crippen molar-refractivity contribution < 1.29 is 4.42 Å². The zero-order valence-electron chi connectivity index (χ0n) is 46.4. The zero-order chi connectivity index (χ0) is 55.1. The number of anilines is 6. The first kappa shape index (κ1) is 48.9. The average Bonchev–Trinajstić information content (AvgIpc) is 2.49. The Balaban J connectivity index is 1.07. The van der Waals surface area contributed by atoms with Crippen LogP contribution in [0.15, 0.2) is 283 Å². The van der Waals surface area contributed by atoms with Crippen molar-refractivity contribution in [3.8, 4) is 66.8 Å². The topological polar surface area (TPSA) is 19.6 Å². The fraction of sp³-hybridized carbons (Fsp3) is 0.0633. The molecule has 14 aromatic rings. The number of nitrogens with zero attached hydrogens (tertiary/aromatic N) is 2. The molecule has 0 radical (unpaired) electrons. The van der Waals surface area contributed by atoms with Gasteiger partial charge in [0.1, 0.15) is 5.58 Å². The van der Waals surface area contributed by atoms with Gasteiger partial charge in [0.2, 0.25) is 0 Å². The number of benzene rings is 13. The molecule has 13 aromatic carbocycles. The molecule has 0 amide bonds. The lowest BCUT2D eigenvalue weighted by molar-refractivity contribution is 0.573.